The van der Waals surface area contributed by atoms with Gasteiger partial charge in [0.1, 0.15) is 0 Å². The van der Waals surface area contributed by atoms with Crippen LogP contribution >= 0.6 is 11.6 Å². The molecule has 1 rings (SSSR count). The van der Waals surface area contributed by atoms with Crippen LogP contribution < -0.4 is 4.72 Å². The summed E-state index contributed by atoms with van der Waals surface area (Å²) in [5.41, 5.74) is 0. The number of rotatable bonds is 7. The largest absolute Gasteiger partial charge is 0.212 e. The smallest absolute Gasteiger partial charge is 0.211 e. The van der Waals surface area contributed by atoms with E-state index in [4.69, 9.17) is 11.6 Å². The molecule has 3 nitrogen and oxygen atoms in total. The fraction of sp³-hybridized carbons (Fsp3) is 1.00. The fourth-order valence-electron chi connectivity index (χ4n) is 2.28. The minimum absolute atomic E-state index is 0.0866. The van der Waals surface area contributed by atoms with E-state index < -0.39 is 10.0 Å². The third kappa shape index (κ3) is 5.02. The van der Waals surface area contributed by atoms with E-state index in [1.807, 2.05) is 6.92 Å². The average molecular weight is 268 g/mol. The molecule has 1 aliphatic carbocycles. The minimum Gasteiger partial charge on any atom is -0.212 e. The molecule has 0 aromatic heterocycles. The molecule has 0 radical (unpaired) electrons. The lowest BCUT2D eigenvalue weighted by Gasteiger charge is -2.20. The molecule has 1 atom stereocenters. The highest BCUT2D eigenvalue weighted by Crippen LogP contribution is 2.27. The zero-order valence-electron chi connectivity index (χ0n) is 9.91. The Bertz CT molecular complexity index is 286. The van der Waals surface area contributed by atoms with Gasteiger partial charge in [-0.05, 0) is 38.5 Å². The summed E-state index contributed by atoms with van der Waals surface area (Å²) in [6.45, 7) is 1.98. The summed E-state index contributed by atoms with van der Waals surface area (Å²) in [5, 5.41) is 0. The molecule has 1 saturated carbocycles. The summed E-state index contributed by atoms with van der Waals surface area (Å²) in [5.74, 6) is 1.27. The number of halogens is 1. The van der Waals surface area contributed by atoms with Gasteiger partial charge in [-0.1, -0.05) is 12.8 Å². The van der Waals surface area contributed by atoms with Crippen molar-refractivity contribution in [3.8, 4) is 0 Å². The topological polar surface area (TPSA) is 46.2 Å². The predicted octanol–water partition coefficient (Wildman–Crippen LogP) is 2.50. The van der Waals surface area contributed by atoms with Gasteiger partial charge < -0.3 is 0 Å². The Kier molecular flexibility index (Phi) is 6.08. The van der Waals surface area contributed by atoms with Gasteiger partial charge in [-0.25, -0.2) is 13.1 Å². The Hall–Kier alpha value is 0.200. The lowest BCUT2D eigenvalue weighted by Crippen LogP contribution is -2.38. The van der Waals surface area contributed by atoms with Crippen molar-refractivity contribution in [3.63, 3.8) is 0 Å². The summed E-state index contributed by atoms with van der Waals surface area (Å²) < 4.78 is 26.2. The molecule has 0 spiro atoms. The van der Waals surface area contributed by atoms with Crippen LogP contribution in [0.2, 0.25) is 0 Å². The molecule has 0 saturated heterocycles. The van der Waals surface area contributed by atoms with E-state index in [1.54, 1.807) is 0 Å². The van der Waals surface area contributed by atoms with E-state index in [0.29, 0.717) is 18.2 Å². The molecular weight excluding hydrogens is 246 g/mol. The Morgan fingerprint density at radius 3 is 2.50 bits per heavy atom. The van der Waals surface area contributed by atoms with E-state index in [2.05, 4.69) is 4.72 Å². The van der Waals surface area contributed by atoms with Crippen molar-refractivity contribution in [2.24, 2.45) is 5.92 Å². The molecule has 0 aromatic carbocycles. The zero-order chi connectivity index (χ0) is 12.0. The minimum atomic E-state index is -3.10. The second kappa shape index (κ2) is 6.82. The second-order valence-electron chi connectivity index (χ2n) is 4.67. The van der Waals surface area contributed by atoms with Gasteiger partial charge in [0.05, 0.1) is 5.75 Å². The van der Waals surface area contributed by atoms with E-state index in [9.17, 15) is 8.42 Å². The number of unbranched alkanes of at least 4 members (excludes halogenated alkanes) is 1. The van der Waals surface area contributed by atoms with Crippen molar-refractivity contribution in [1.29, 1.82) is 0 Å². The summed E-state index contributed by atoms with van der Waals surface area (Å²) in [6, 6.07) is 0.0866. The summed E-state index contributed by atoms with van der Waals surface area (Å²) in [4.78, 5) is 0. The first-order valence-corrected chi connectivity index (χ1v) is 8.30. The quantitative estimate of drug-likeness (QED) is 0.569. The predicted molar refractivity (Wildman–Crippen MR) is 68.3 cm³/mol. The summed E-state index contributed by atoms with van der Waals surface area (Å²) in [6.07, 6.45) is 6.21. The number of hydrogen-bond acceptors (Lipinski definition) is 2. The molecule has 1 N–H and O–H groups in total. The van der Waals surface area contributed by atoms with Gasteiger partial charge >= 0.3 is 0 Å². The summed E-state index contributed by atoms with van der Waals surface area (Å²) in [7, 11) is -3.10. The highest BCUT2D eigenvalue weighted by Gasteiger charge is 2.24. The maximum Gasteiger partial charge on any atom is 0.211 e. The lowest BCUT2D eigenvalue weighted by molar-refractivity contribution is 0.423. The number of nitrogens with one attached hydrogen (secondary N) is 1. The zero-order valence-corrected chi connectivity index (χ0v) is 11.5. The highest BCUT2D eigenvalue weighted by atomic mass is 35.5. The van der Waals surface area contributed by atoms with Crippen LogP contribution in [0.5, 0.6) is 0 Å². The van der Waals surface area contributed by atoms with Crippen molar-refractivity contribution in [3.05, 3.63) is 0 Å². The monoisotopic (exact) mass is 267 g/mol. The molecule has 5 heteroatoms. The first-order valence-electron chi connectivity index (χ1n) is 6.11. The molecule has 1 aliphatic rings. The van der Waals surface area contributed by atoms with E-state index >= 15 is 0 Å². The normalized spacial score (nSPS) is 20.1. The maximum atomic E-state index is 11.7. The fourth-order valence-corrected chi connectivity index (χ4v) is 3.93. The van der Waals surface area contributed by atoms with Gasteiger partial charge in [-0.3, -0.25) is 0 Å². The molecule has 0 aliphatic heterocycles. The Morgan fingerprint density at radius 1 is 1.31 bits per heavy atom. The van der Waals surface area contributed by atoms with Gasteiger partial charge in [-0.15, -0.1) is 11.6 Å². The van der Waals surface area contributed by atoms with Crippen LogP contribution in [0.3, 0.4) is 0 Å². The highest BCUT2D eigenvalue weighted by molar-refractivity contribution is 7.89. The van der Waals surface area contributed by atoms with Crippen LogP contribution in [-0.2, 0) is 10.0 Å². The van der Waals surface area contributed by atoms with Crippen LogP contribution in [0.25, 0.3) is 0 Å². The van der Waals surface area contributed by atoms with E-state index in [1.165, 1.54) is 12.8 Å². The Balaban J connectivity index is 2.33. The number of sulfonamides is 1. The molecule has 0 amide bonds. The standard InChI is InChI=1S/C11H22ClNO2S/c1-10(11-6-2-3-7-11)13-16(14,15)9-5-4-8-12/h10-11,13H,2-9H2,1H3/t10-/m0/s1. The first-order chi connectivity index (χ1) is 7.55. The van der Waals surface area contributed by atoms with Crippen molar-refractivity contribution < 1.29 is 8.42 Å². The van der Waals surface area contributed by atoms with Crippen LogP contribution in [-0.4, -0.2) is 26.1 Å². The Morgan fingerprint density at radius 2 is 1.94 bits per heavy atom. The molecular formula is C11H22ClNO2S. The van der Waals surface area contributed by atoms with Crippen molar-refractivity contribution in [2.75, 3.05) is 11.6 Å². The maximum absolute atomic E-state index is 11.7. The molecule has 1 fully saturated rings. The molecule has 16 heavy (non-hydrogen) atoms. The van der Waals surface area contributed by atoms with Gasteiger partial charge in [-0.2, -0.15) is 0 Å². The number of alkyl halides is 1. The molecule has 0 heterocycles. The molecule has 96 valence electrons. The second-order valence-corrected chi connectivity index (χ2v) is 6.92. The van der Waals surface area contributed by atoms with Crippen molar-refractivity contribution in [1.82, 2.24) is 4.72 Å². The molecule has 0 unspecified atom stereocenters. The SMILES string of the molecule is C[C@H](NS(=O)(=O)CCCCCl)C1CCCC1. The lowest BCUT2D eigenvalue weighted by atomic mass is 10.0. The van der Waals surface area contributed by atoms with Crippen LogP contribution in [0.1, 0.15) is 45.4 Å². The van der Waals surface area contributed by atoms with Gasteiger partial charge in [0.2, 0.25) is 10.0 Å². The van der Waals surface area contributed by atoms with Crippen molar-refractivity contribution >= 4 is 21.6 Å². The van der Waals surface area contributed by atoms with Crippen LogP contribution in [0, 0.1) is 5.92 Å². The molecule has 0 bridgehead atoms. The third-order valence-corrected chi connectivity index (χ3v) is 5.09. The van der Waals surface area contributed by atoms with E-state index in [0.717, 1.165) is 19.3 Å². The van der Waals surface area contributed by atoms with Gasteiger partial charge in [0.15, 0.2) is 0 Å². The summed E-state index contributed by atoms with van der Waals surface area (Å²) >= 11 is 5.52. The Labute approximate surface area is 104 Å². The van der Waals surface area contributed by atoms with Crippen LogP contribution in [0.4, 0.5) is 0 Å². The third-order valence-electron chi connectivity index (χ3n) is 3.27. The first kappa shape index (κ1) is 14.3. The van der Waals surface area contributed by atoms with Crippen LogP contribution in [0.15, 0.2) is 0 Å². The molecule has 0 aromatic rings. The van der Waals surface area contributed by atoms with E-state index in [-0.39, 0.29) is 11.8 Å². The average Bonchev–Trinajstić information content (AvgIpc) is 2.69. The van der Waals surface area contributed by atoms with Gasteiger partial charge in [0, 0.05) is 11.9 Å². The number of hydrogen-bond donors (Lipinski definition) is 1. The van der Waals surface area contributed by atoms with Crippen molar-refractivity contribution in [2.45, 2.75) is 51.5 Å². The van der Waals surface area contributed by atoms with Gasteiger partial charge in [0.25, 0.3) is 0 Å².